The molecule has 0 aromatic heterocycles. The average molecular weight is 240 g/mol. The standard InChI is InChI=1S/C12H11ClFNO/c1-15-11-4-9(14)3-7-2-8(6-13)12(16)5-10(7)11/h2-4,15H,5-6H2,1H3. The predicted molar refractivity (Wildman–Crippen MR) is 63.4 cm³/mol. The lowest BCUT2D eigenvalue weighted by molar-refractivity contribution is -0.114. The number of rotatable bonds is 2. The first-order valence-electron chi connectivity index (χ1n) is 4.95. The first kappa shape index (κ1) is 11.1. The van der Waals surface area contributed by atoms with Gasteiger partial charge in [-0.15, -0.1) is 11.6 Å². The van der Waals surface area contributed by atoms with Gasteiger partial charge in [0.2, 0.25) is 0 Å². The molecular weight excluding hydrogens is 229 g/mol. The highest BCUT2D eigenvalue weighted by Crippen LogP contribution is 2.29. The maximum Gasteiger partial charge on any atom is 0.164 e. The van der Waals surface area contributed by atoms with Crippen molar-refractivity contribution < 1.29 is 9.18 Å². The van der Waals surface area contributed by atoms with Gasteiger partial charge in [-0.3, -0.25) is 4.79 Å². The van der Waals surface area contributed by atoms with Gasteiger partial charge in [0, 0.05) is 24.7 Å². The van der Waals surface area contributed by atoms with E-state index in [1.165, 1.54) is 12.1 Å². The second-order valence-corrected chi connectivity index (χ2v) is 3.94. The van der Waals surface area contributed by atoms with Crippen molar-refractivity contribution in [1.29, 1.82) is 0 Å². The Morgan fingerprint density at radius 3 is 2.88 bits per heavy atom. The van der Waals surface area contributed by atoms with E-state index in [0.717, 1.165) is 11.1 Å². The molecular formula is C12H11ClFNO. The SMILES string of the molecule is CNc1cc(F)cc2c1CC(=O)C(CCl)=C2. The predicted octanol–water partition coefficient (Wildman–Crippen LogP) is 2.61. The van der Waals surface area contributed by atoms with Crippen molar-refractivity contribution >= 4 is 29.1 Å². The zero-order chi connectivity index (χ0) is 11.7. The highest BCUT2D eigenvalue weighted by atomic mass is 35.5. The minimum Gasteiger partial charge on any atom is -0.388 e. The van der Waals surface area contributed by atoms with Crippen molar-refractivity contribution in [1.82, 2.24) is 0 Å². The third-order valence-corrected chi connectivity index (χ3v) is 2.98. The van der Waals surface area contributed by atoms with Gasteiger partial charge in [0.05, 0.1) is 5.88 Å². The molecule has 0 aliphatic heterocycles. The van der Waals surface area contributed by atoms with Gasteiger partial charge < -0.3 is 5.32 Å². The molecule has 0 fully saturated rings. The van der Waals surface area contributed by atoms with Crippen molar-refractivity contribution in [3.05, 3.63) is 34.6 Å². The minimum atomic E-state index is -0.317. The van der Waals surface area contributed by atoms with E-state index >= 15 is 0 Å². The van der Waals surface area contributed by atoms with E-state index in [0.29, 0.717) is 11.3 Å². The molecule has 1 aromatic rings. The largest absolute Gasteiger partial charge is 0.388 e. The number of allylic oxidation sites excluding steroid dienone is 1. The smallest absolute Gasteiger partial charge is 0.164 e. The van der Waals surface area contributed by atoms with Gasteiger partial charge in [0.25, 0.3) is 0 Å². The zero-order valence-electron chi connectivity index (χ0n) is 8.81. The number of hydrogen-bond acceptors (Lipinski definition) is 2. The minimum absolute atomic E-state index is 0.00519. The lowest BCUT2D eigenvalue weighted by Crippen LogP contribution is -2.15. The fourth-order valence-electron chi connectivity index (χ4n) is 1.86. The molecule has 0 amide bonds. The fraction of sp³-hybridized carbons (Fsp3) is 0.250. The molecule has 0 unspecified atom stereocenters. The number of Topliss-reactive ketones (excluding diaryl/α,β-unsaturated/α-hetero) is 1. The van der Waals surface area contributed by atoms with Crippen LogP contribution in [0.2, 0.25) is 0 Å². The van der Waals surface area contributed by atoms with Crippen molar-refractivity contribution in [2.24, 2.45) is 0 Å². The van der Waals surface area contributed by atoms with Crippen LogP contribution >= 0.6 is 11.6 Å². The van der Waals surface area contributed by atoms with E-state index in [1.54, 1.807) is 13.1 Å². The van der Waals surface area contributed by atoms with Crippen LogP contribution in [-0.4, -0.2) is 18.7 Å². The number of carbonyl (C=O) groups is 1. The molecule has 4 heteroatoms. The summed E-state index contributed by atoms with van der Waals surface area (Å²) in [6.07, 6.45) is 1.95. The Hall–Kier alpha value is -1.35. The van der Waals surface area contributed by atoms with Gasteiger partial charge in [-0.05, 0) is 29.3 Å². The molecule has 2 rings (SSSR count). The quantitative estimate of drug-likeness (QED) is 0.804. The fourth-order valence-corrected chi connectivity index (χ4v) is 2.09. The number of hydrogen-bond donors (Lipinski definition) is 1. The number of halogens is 2. The van der Waals surface area contributed by atoms with Crippen LogP contribution in [0.4, 0.5) is 10.1 Å². The molecule has 0 heterocycles. The summed E-state index contributed by atoms with van der Waals surface area (Å²) < 4.78 is 13.3. The van der Waals surface area contributed by atoms with Gasteiger partial charge in [-0.1, -0.05) is 0 Å². The Morgan fingerprint density at radius 1 is 1.50 bits per heavy atom. The molecule has 1 aromatic carbocycles. The van der Waals surface area contributed by atoms with Crippen molar-refractivity contribution in [2.45, 2.75) is 6.42 Å². The highest BCUT2D eigenvalue weighted by Gasteiger charge is 2.20. The average Bonchev–Trinajstić information content (AvgIpc) is 2.28. The Bertz CT molecular complexity index is 482. The molecule has 0 bridgehead atoms. The van der Waals surface area contributed by atoms with Crippen molar-refractivity contribution in [3.63, 3.8) is 0 Å². The number of carbonyl (C=O) groups excluding carboxylic acids is 1. The molecule has 1 aliphatic rings. The lowest BCUT2D eigenvalue weighted by atomic mass is 9.90. The van der Waals surface area contributed by atoms with Crippen molar-refractivity contribution in [2.75, 3.05) is 18.2 Å². The first-order chi connectivity index (χ1) is 7.65. The molecule has 84 valence electrons. The van der Waals surface area contributed by atoms with E-state index in [4.69, 9.17) is 11.6 Å². The molecule has 0 saturated heterocycles. The molecule has 1 N–H and O–H groups in total. The molecule has 2 nitrogen and oxygen atoms in total. The third kappa shape index (κ3) is 1.83. The van der Waals surface area contributed by atoms with Crippen LogP contribution in [0.3, 0.4) is 0 Å². The van der Waals surface area contributed by atoms with E-state index in [-0.39, 0.29) is 23.9 Å². The Balaban J connectivity index is 2.59. The van der Waals surface area contributed by atoms with E-state index in [9.17, 15) is 9.18 Å². The third-order valence-electron chi connectivity index (χ3n) is 2.69. The second kappa shape index (κ2) is 4.26. The summed E-state index contributed by atoms with van der Waals surface area (Å²) in [5.74, 6) is -0.142. The zero-order valence-corrected chi connectivity index (χ0v) is 9.57. The van der Waals surface area contributed by atoms with Gasteiger partial charge in [0.15, 0.2) is 5.78 Å². The van der Waals surface area contributed by atoms with E-state index in [2.05, 4.69) is 5.32 Å². The molecule has 16 heavy (non-hydrogen) atoms. The monoisotopic (exact) mass is 239 g/mol. The summed E-state index contributed by atoms with van der Waals surface area (Å²) in [5.41, 5.74) is 2.78. The summed E-state index contributed by atoms with van der Waals surface area (Å²) in [5, 5.41) is 2.89. The van der Waals surface area contributed by atoms with Crippen LogP contribution in [0.1, 0.15) is 11.1 Å². The summed E-state index contributed by atoms with van der Waals surface area (Å²) in [4.78, 5) is 11.7. The normalized spacial score (nSPS) is 14.4. The molecule has 0 radical (unpaired) electrons. The van der Waals surface area contributed by atoms with E-state index < -0.39 is 0 Å². The Labute approximate surface area is 98.1 Å². The van der Waals surface area contributed by atoms with Gasteiger partial charge >= 0.3 is 0 Å². The Morgan fingerprint density at radius 2 is 2.25 bits per heavy atom. The van der Waals surface area contributed by atoms with Crippen LogP contribution in [0.5, 0.6) is 0 Å². The number of benzene rings is 1. The summed E-state index contributed by atoms with van der Waals surface area (Å²) >= 11 is 5.66. The van der Waals surface area contributed by atoms with Gasteiger partial charge in [-0.25, -0.2) is 4.39 Å². The van der Waals surface area contributed by atoms with E-state index in [1.807, 2.05) is 0 Å². The number of alkyl halides is 1. The van der Waals surface area contributed by atoms with Crippen LogP contribution in [0.25, 0.3) is 6.08 Å². The maximum absolute atomic E-state index is 13.3. The number of ketones is 1. The van der Waals surface area contributed by atoms with Gasteiger partial charge in [0.1, 0.15) is 5.82 Å². The number of anilines is 1. The molecule has 1 aliphatic carbocycles. The second-order valence-electron chi connectivity index (χ2n) is 3.67. The first-order valence-corrected chi connectivity index (χ1v) is 5.49. The summed E-state index contributed by atoms with van der Waals surface area (Å²) in [6.45, 7) is 0. The van der Waals surface area contributed by atoms with Crippen LogP contribution < -0.4 is 5.32 Å². The van der Waals surface area contributed by atoms with Crippen LogP contribution in [-0.2, 0) is 11.2 Å². The lowest BCUT2D eigenvalue weighted by Gasteiger charge is -2.17. The summed E-state index contributed by atoms with van der Waals surface area (Å²) in [6, 6.07) is 2.82. The van der Waals surface area contributed by atoms with Crippen molar-refractivity contribution in [3.8, 4) is 0 Å². The number of fused-ring (bicyclic) bond motifs is 1. The topological polar surface area (TPSA) is 29.1 Å². The Kier molecular flexibility index (Phi) is 2.97. The molecule has 0 spiro atoms. The number of nitrogens with one attached hydrogen (secondary N) is 1. The van der Waals surface area contributed by atoms with Crippen LogP contribution in [0, 0.1) is 5.82 Å². The summed E-state index contributed by atoms with van der Waals surface area (Å²) in [7, 11) is 1.71. The maximum atomic E-state index is 13.3. The molecule has 0 saturated carbocycles. The molecule has 0 atom stereocenters. The van der Waals surface area contributed by atoms with Gasteiger partial charge in [-0.2, -0.15) is 0 Å². The highest BCUT2D eigenvalue weighted by molar-refractivity contribution is 6.24. The van der Waals surface area contributed by atoms with Crippen LogP contribution in [0.15, 0.2) is 17.7 Å².